The van der Waals surface area contributed by atoms with E-state index in [4.69, 9.17) is 5.11 Å². The number of carbonyl (C=O) groups excluding carboxylic acids is 1. The minimum Gasteiger partial charge on any atom is -0.481 e. The summed E-state index contributed by atoms with van der Waals surface area (Å²) in [7, 11) is 1.87. The lowest BCUT2D eigenvalue weighted by molar-refractivity contribution is -0.140. The molecule has 0 fully saturated rings. The first-order valence-electron chi connectivity index (χ1n) is 6.32. The molecule has 1 atom stereocenters. The van der Waals surface area contributed by atoms with Gasteiger partial charge in [0.2, 0.25) is 5.91 Å². The first-order valence-corrected chi connectivity index (χ1v) is 6.32. The van der Waals surface area contributed by atoms with Crippen LogP contribution in [0.1, 0.15) is 18.1 Å². The molecule has 0 saturated carbocycles. The predicted octanol–water partition coefficient (Wildman–Crippen LogP) is 1.02. The molecule has 1 aliphatic heterocycles. The third-order valence-electron chi connectivity index (χ3n) is 3.34. The number of nitrogens with one attached hydrogen (secondary N) is 1. The van der Waals surface area contributed by atoms with Gasteiger partial charge in [0, 0.05) is 18.8 Å². The Hall–Kier alpha value is -1.88. The largest absolute Gasteiger partial charge is 0.481 e. The summed E-state index contributed by atoms with van der Waals surface area (Å²) in [4.78, 5) is 24.5. The van der Waals surface area contributed by atoms with Gasteiger partial charge in [-0.05, 0) is 24.2 Å². The molecule has 5 heteroatoms. The summed E-state index contributed by atoms with van der Waals surface area (Å²) in [5.74, 6) is -1.47. The number of aliphatic carboxylic acids is 1. The summed E-state index contributed by atoms with van der Waals surface area (Å²) in [6.07, 6.45) is 0.360. The fourth-order valence-corrected chi connectivity index (χ4v) is 2.30. The van der Waals surface area contributed by atoms with Crippen molar-refractivity contribution in [3.05, 3.63) is 29.3 Å². The third kappa shape index (κ3) is 2.76. The van der Waals surface area contributed by atoms with E-state index in [9.17, 15) is 9.59 Å². The lowest BCUT2D eigenvalue weighted by Gasteiger charge is -2.20. The standard InChI is InChI=1S/C14H18N2O3/c1-9(14(18)19)8-16-12-4-3-10(7-15-2)5-11(12)6-13(16)17/h3-5,9,15H,6-8H2,1-2H3,(H,18,19). The van der Waals surface area contributed by atoms with E-state index in [1.165, 1.54) is 0 Å². The molecule has 1 heterocycles. The number of fused-ring (bicyclic) bond motifs is 1. The Kier molecular flexibility index (Phi) is 3.85. The van der Waals surface area contributed by atoms with E-state index in [-0.39, 0.29) is 12.5 Å². The van der Waals surface area contributed by atoms with Crippen molar-refractivity contribution >= 4 is 17.6 Å². The smallest absolute Gasteiger partial charge is 0.308 e. The first kappa shape index (κ1) is 13.5. The Morgan fingerprint density at radius 3 is 2.89 bits per heavy atom. The highest BCUT2D eigenvalue weighted by molar-refractivity contribution is 6.01. The van der Waals surface area contributed by atoms with Crippen LogP contribution in [0.5, 0.6) is 0 Å². The zero-order valence-electron chi connectivity index (χ0n) is 11.1. The van der Waals surface area contributed by atoms with Gasteiger partial charge in [-0.25, -0.2) is 0 Å². The molecule has 0 aromatic heterocycles. The molecule has 2 N–H and O–H groups in total. The van der Waals surface area contributed by atoms with Crippen molar-refractivity contribution in [2.75, 3.05) is 18.5 Å². The maximum atomic E-state index is 12.0. The normalized spacial score (nSPS) is 15.5. The average Bonchev–Trinajstić information content (AvgIpc) is 2.65. The van der Waals surface area contributed by atoms with Crippen molar-refractivity contribution < 1.29 is 14.7 Å². The molecule has 19 heavy (non-hydrogen) atoms. The summed E-state index contributed by atoms with van der Waals surface area (Å²) < 4.78 is 0. The first-order chi connectivity index (χ1) is 9.02. The van der Waals surface area contributed by atoms with Crippen LogP contribution < -0.4 is 10.2 Å². The number of rotatable bonds is 5. The van der Waals surface area contributed by atoms with Crippen LogP contribution in [0.15, 0.2) is 18.2 Å². The molecule has 1 amide bonds. The van der Waals surface area contributed by atoms with E-state index in [0.717, 1.165) is 23.4 Å². The lowest BCUT2D eigenvalue weighted by Crippen LogP contribution is -2.34. The van der Waals surface area contributed by atoms with Crippen molar-refractivity contribution in [2.24, 2.45) is 5.92 Å². The van der Waals surface area contributed by atoms with Crippen molar-refractivity contribution in [3.63, 3.8) is 0 Å². The molecular weight excluding hydrogens is 244 g/mol. The number of anilines is 1. The van der Waals surface area contributed by atoms with Gasteiger partial charge in [-0.15, -0.1) is 0 Å². The number of carbonyl (C=O) groups is 2. The number of carboxylic acids is 1. The van der Waals surface area contributed by atoms with Crippen LogP contribution in [-0.2, 0) is 22.6 Å². The second kappa shape index (κ2) is 5.40. The third-order valence-corrected chi connectivity index (χ3v) is 3.34. The van der Waals surface area contributed by atoms with Gasteiger partial charge in [-0.3, -0.25) is 9.59 Å². The fraction of sp³-hybridized carbons (Fsp3) is 0.429. The Labute approximate surface area is 112 Å². The molecule has 0 spiro atoms. The summed E-state index contributed by atoms with van der Waals surface area (Å²) >= 11 is 0. The minimum absolute atomic E-state index is 0.0234. The zero-order valence-corrected chi connectivity index (χ0v) is 11.1. The SMILES string of the molecule is CNCc1ccc2c(c1)CC(=O)N2CC(C)C(=O)O. The monoisotopic (exact) mass is 262 g/mol. The summed E-state index contributed by atoms with van der Waals surface area (Å²) in [6.45, 7) is 2.60. The van der Waals surface area contributed by atoms with E-state index in [1.54, 1.807) is 11.8 Å². The van der Waals surface area contributed by atoms with Crippen molar-refractivity contribution in [2.45, 2.75) is 19.9 Å². The highest BCUT2D eigenvalue weighted by Crippen LogP contribution is 2.30. The van der Waals surface area contributed by atoms with E-state index >= 15 is 0 Å². The molecule has 0 radical (unpaired) electrons. The average molecular weight is 262 g/mol. The van der Waals surface area contributed by atoms with E-state index < -0.39 is 11.9 Å². The maximum Gasteiger partial charge on any atom is 0.308 e. The van der Waals surface area contributed by atoms with E-state index in [0.29, 0.717) is 6.42 Å². The molecule has 0 bridgehead atoms. The number of hydrogen-bond acceptors (Lipinski definition) is 3. The van der Waals surface area contributed by atoms with Crippen molar-refractivity contribution in [1.29, 1.82) is 0 Å². The topological polar surface area (TPSA) is 69.6 Å². The predicted molar refractivity (Wildman–Crippen MR) is 72.1 cm³/mol. The molecule has 1 aromatic rings. The molecule has 1 aromatic carbocycles. The molecule has 0 saturated heterocycles. The van der Waals surface area contributed by atoms with Crippen LogP contribution in [0.3, 0.4) is 0 Å². The highest BCUT2D eigenvalue weighted by Gasteiger charge is 2.29. The second-order valence-electron chi connectivity index (χ2n) is 4.91. The molecule has 2 rings (SSSR count). The second-order valence-corrected chi connectivity index (χ2v) is 4.91. The van der Waals surface area contributed by atoms with Gasteiger partial charge < -0.3 is 15.3 Å². The number of amides is 1. The number of benzene rings is 1. The van der Waals surface area contributed by atoms with E-state index in [2.05, 4.69) is 5.32 Å². The molecule has 1 unspecified atom stereocenters. The highest BCUT2D eigenvalue weighted by atomic mass is 16.4. The Bertz CT molecular complexity index is 513. The van der Waals surface area contributed by atoms with Crippen LogP contribution in [0, 0.1) is 5.92 Å². The van der Waals surface area contributed by atoms with Gasteiger partial charge in [0.05, 0.1) is 12.3 Å². The van der Waals surface area contributed by atoms with Crippen LogP contribution in [0.4, 0.5) is 5.69 Å². The number of carboxylic acid groups (broad SMARTS) is 1. The summed E-state index contributed by atoms with van der Waals surface area (Å²) in [5.41, 5.74) is 2.95. The van der Waals surface area contributed by atoms with Gasteiger partial charge in [0.1, 0.15) is 0 Å². The lowest BCUT2D eigenvalue weighted by atomic mass is 10.1. The van der Waals surface area contributed by atoms with Crippen LogP contribution in [-0.4, -0.2) is 30.6 Å². The van der Waals surface area contributed by atoms with Crippen molar-refractivity contribution in [1.82, 2.24) is 5.32 Å². The fourth-order valence-electron chi connectivity index (χ4n) is 2.30. The number of nitrogens with zero attached hydrogens (tertiary/aromatic N) is 1. The molecule has 102 valence electrons. The van der Waals surface area contributed by atoms with Gasteiger partial charge in [0.15, 0.2) is 0 Å². The Morgan fingerprint density at radius 1 is 1.53 bits per heavy atom. The molecule has 5 nitrogen and oxygen atoms in total. The Morgan fingerprint density at radius 2 is 2.26 bits per heavy atom. The quantitative estimate of drug-likeness (QED) is 0.831. The minimum atomic E-state index is -0.881. The van der Waals surface area contributed by atoms with Crippen LogP contribution >= 0.6 is 0 Å². The maximum absolute atomic E-state index is 12.0. The van der Waals surface area contributed by atoms with Gasteiger partial charge in [0.25, 0.3) is 0 Å². The van der Waals surface area contributed by atoms with Crippen LogP contribution in [0.2, 0.25) is 0 Å². The molecular formula is C14H18N2O3. The summed E-state index contributed by atoms with van der Waals surface area (Å²) in [5, 5.41) is 12.0. The molecule has 0 aliphatic carbocycles. The number of hydrogen-bond donors (Lipinski definition) is 2. The van der Waals surface area contributed by atoms with Gasteiger partial charge >= 0.3 is 5.97 Å². The van der Waals surface area contributed by atoms with Gasteiger partial charge in [-0.2, -0.15) is 0 Å². The van der Waals surface area contributed by atoms with Gasteiger partial charge in [-0.1, -0.05) is 19.1 Å². The molecule has 1 aliphatic rings. The van der Waals surface area contributed by atoms with Crippen LogP contribution in [0.25, 0.3) is 0 Å². The van der Waals surface area contributed by atoms with E-state index in [1.807, 2.05) is 25.2 Å². The zero-order chi connectivity index (χ0) is 14.0. The van der Waals surface area contributed by atoms with Crippen molar-refractivity contribution in [3.8, 4) is 0 Å². The Balaban J connectivity index is 2.22. The summed E-state index contributed by atoms with van der Waals surface area (Å²) in [6, 6.07) is 5.88.